The molecule has 160 valence electrons. The monoisotopic (exact) mass is 409 g/mol. The fourth-order valence-corrected chi connectivity index (χ4v) is 3.56. The summed E-state index contributed by atoms with van der Waals surface area (Å²) >= 11 is 0. The minimum Gasteiger partial charge on any atom is -0.493 e. The van der Waals surface area contributed by atoms with E-state index in [4.69, 9.17) is 9.47 Å². The standard InChI is InChI=1S/C24H31N3O3/c1-24(2,3)15-27-23(28)26-14-19(17-10-8-12-21(29-4)22(17)30-5)18-13-25-20-11-7-6-9-16(18)20/h6-13,19,25H,14-15H2,1-5H3,(H2,26,27,28). The molecule has 3 aromatic rings. The second-order valence-electron chi connectivity index (χ2n) is 8.55. The van der Waals surface area contributed by atoms with Gasteiger partial charge in [0.25, 0.3) is 0 Å². The van der Waals surface area contributed by atoms with E-state index in [1.54, 1.807) is 14.2 Å². The molecule has 2 amide bonds. The number of carbonyl (C=O) groups is 1. The molecule has 0 radical (unpaired) electrons. The zero-order valence-electron chi connectivity index (χ0n) is 18.3. The van der Waals surface area contributed by atoms with Crippen LogP contribution >= 0.6 is 0 Å². The maximum absolute atomic E-state index is 12.5. The van der Waals surface area contributed by atoms with E-state index in [1.807, 2.05) is 42.6 Å². The topological polar surface area (TPSA) is 75.4 Å². The van der Waals surface area contributed by atoms with Crippen molar-refractivity contribution in [2.24, 2.45) is 5.41 Å². The molecule has 30 heavy (non-hydrogen) atoms. The average Bonchev–Trinajstić information content (AvgIpc) is 3.15. The fraction of sp³-hybridized carbons (Fsp3) is 0.375. The van der Waals surface area contributed by atoms with E-state index in [-0.39, 0.29) is 17.4 Å². The van der Waals surface area contributed by atoms with Crippen molar-refractivity contribution in [3.8, 4) is 11.5 Å². The van der Waals surface area contributed by atoms with Crippen molar-refractivity contribution in [3.63, 3.8) is 0 Å². The van der Waals surface area contributed by atoms with Crippen LogP contribution in [0.2, 0.25) is 0 Å². The molecular weight excluding hydrogens is 378 g/mol. The molecule has 0 spiro atoms. The second-order valence-corrected chi connectivity index (χ2v) is 8.55. The number of ether oxygens (including phenoxy) is 2. The molecule has 1 unspecified atom stereocenters. The van der Waals surface area contributed by atoms with Gasteiger partial charge >= 0.3 is 6.03 Å². The summed E-state index contributed by atoms with van der Waals surface area (Å²) in [6.07, 6.45) is 2.00. The number of benzene rings is 2. The zero-order valence-corrected chi connectivity index (χ0v) is 18.3. The molecular formula is C24H31N3O3. The number of hydrogen-bond donors (Lipinski definition) is 3. The van der Waals surface area contributed by atoms with Gasteiger partial charge in [-0.25, -0.2) is 4.79 Å². The third-order valence-electron chi connectivity index (χ3n) is 5.05. The third-order valence-corrected chi connectivity index (χ3v) is 5.05. The first-order chi connectivity index (χ1) is 14.3. The van der Waals surface area contributed by atoms with Crippen LogP contribution in [-0.4, -0.2) is 38.3 Å². The van der Waals surface area contributed by atoms with Crippen LogP contribution in [0.25, 0.3) is 10.9 Å². The maximum atomic E-state index is 12.5. The summed E-state index contributed by atoms with van der Waals surface area (Å²) < 4.78 is 11.2. The van der Waals surface area contributed by atoms with Crippen LogP contribution in [0.15, 0.2) is 48.7 Å². The summed E-state index contributed by atoms with van der Waals surface area (Å²) in [4.78, 5) is 15.8. The number of aromatic amines is 1. The van der Waals surface area contributed by atoms with Gasteiger partial charge in [0.15, 0.2) is 11.5 Å². The summed E-state index contributed by atoms with van der Waals surface area (Å²) in [5, 5.41) is 7.10. The molecule has 1 heterocycles. The highest BCUT2D eigenvalue weighted by Gasteiger charge is 2.24. The van der Waals surface area contributed by atoms with Crippen molar-refractivity contribution in [1.29, 1.82) is 0 Å². The predicted octanol–water partition coefficient (Wildman–Crippen LogP) is 4.66. The van der Waals surface area contributed by atoms with Gasteiger partial charge in [-0.2, -0.15) is 0 Å². The van der Waals surface area contributed by atoms with Crippen molar-refractivity contribution < 1.29 is 14.3 Å². The van der Waals surface area contributed by atoms with Crippen LogP contribution in [0.3, 0.4) is 0 Å². The summed E-state index contributed by atoms with van der Waals surface area (Å²) in [5.74, 6) is 1.22. The molecule has 0 aliphatic carbocycles. The predicted molar refractivity (Wildman–Crippen MR) is 121 cm³/mol. The van der Waals surface area contributed by atoms with Gasteiger partial charge in [-0.15, -0.1) is 0 Å². The van der Waals surface area contributed by atoms with Crippen molar-refractivity contribution >= 4 is 16.9 Å². The number of nitrogens with one attached hydrogen (secondary N) is 3. The smallest absolute Gasteiger partial charge is 0.314 e. The molecule has 0 bridgehead atoms. The van der Waals surface area contributed by atoms with Gasteiger partial charge in [0.2, 0.25) is 0 Å². The maximum Gasteiger partial charge on any atom is 0.314 e. The van der Waals surface area contributed by atoms with Crippen LogP contribution in [0, 0.1) is 5.41 Å². The molecule has 0 fully saturated rings. The van der Waals surface area contributed by atoms with Crippen LogP contribution in [-0.2, 0) is 0 Å². The largest absolute Gasteiger partial charge is 0.493 e. The van der Waals surface area contributed by atoms with E-state index in [0.717, 1.165) is 22.0 Å². The Morgan fingerprint density at radius 2 is 1.77 bits per heavy atom. The van der Waals surface area contributed by atoms with E-state index < -0.39 is 0 Å². The highest BCUT2D eigenvalue weighted by atomic mass is 16.5. The first-order valence-corrected chi connectivity index (χ1v) is 10.1. The van der Waals surface area contributed by atoms with Gasteiger partial charge in [0, 0.05) is 41.7 Å². The number of urea groups is 1. The van der Waals surface area contributed by atoms with Crippen molar-refractivity contribution in [3.05, 3.63) is 59.8 Å². The number of para-hydroxylation sites is 2. The molecule has 1 atom stereocenters. The summed E-state index contributed by atoms with van der Waals surface area (Å²) in [6, 6.07) is 13.8. The number of amides is 2. The van der Waals surface area contributed by atoms with E-state index in [1.165, 1.54) is 0 Å². The summed E-state index contributed by atoms with van der Waals surface area (Å²) in [6.45, 7) is 7.27. The van der Waals surface area contributed by atoms with Crippen LogP contribution in [0.5, 0.6) is 11.5 Å². The Bertz CT molecular complexity index is 1000. The van der Waals surface area contributed by atoms with Crippen LogP contribution < -0.4 is 20.1 Å². The van der Waals surface area contributed by atoms with Gasteiger partial charge < -0.3 is 25.1 Å². The Balaban J connectivity index is 1.95. The molecule has 3 rings (SSSR count). The number of aromatic nitrogens is 1. The minimum absolute atomic E-state index is 0.0175. The Labute approximate surface area is 178 Å². The molecule has 0 aliphatic rings. The molecule has 0 saturated heterocycles. The molecule has 2 aromatic carbocycles. The van der Waals surface area contributed by atoms with Gasteiger partial charge in [0.1, 0.15) is 0 Å². The molecule has 0 aliphatic heterocycles. The third kappa shape index (κ3) is 4.87. The SMILES string of the molecule is COc1cccc(C(CNC(=O)NCC(C)(C)C)c2c[nH]c3ccccc23)c1OC. The average molecular weight is 410 g/mol. The summed E-state index contributed by atoms with van der Waals surface area (Å²) in [7, 11) is 3.26. The Hall–Kier alpha value is -3.15. The lowest BCUT2D eigenvalue weighted by Crippen LogP contribution is -2.41. The van der Waals surface area contributed by atoms with E-state index >= 15 is 0 Å². The Morgan fingerprint density at radius 1 is 1.00 bits per heavy atom. The molecule has 3 N–H and O–H groups in total. The van der Waals surface area contributed by atoms with Crippen molar-refractivity contribution in [2.75, 3.05) is 27.3 Å². The van der Waals surface area contributed by atoms with Gasteiger partial charge in [0.05, 0.1) is 14.2 Å². The molecule has 0 saturated carbocycles. The molecule has 6 nitrogen and oxygen atoms in total. The number of carbonyl (C=O) groups excluding carboxylic acids is 1. The lowest BCUT2D eigenvalue weighted by molar-refractivity contribution is 0.235. The lowest BCUT2D eigenvalue weighted by Gasteiger charge is -2.23. The number of methoxy groups -OCH3 is 2. The normalized spacial score (nSPS) is 12.4. The van der Waals surface area contributed by atoms with Gasteiger partial charge in [-0.1, -0.05) is 51.1 Å². The fourth-order valence-electron chi connectivity index (χ4n) is 3.56. The van der Waals surface area contributed by atoms with Crippen molar-refractivity contribution in [1.82, 2.24) is 15.6 Å². The van der Waals surface area contributed by atoms with Crippen molar-refractivity contribution in [2.45, 2.75) is 26.7 Å². The van der Waals surface area contributed by atoms with Gasteiger partial charge in [-0.05, 0) is 23.1 Å². The number of hydrogen-bond acceptors (Lipinski definition) is 3. The minimum atomic E-state index is -0.184. The number of fused-ring (bicyclic) bond motifs is 1. The highest BCUT2D eigenvalue weighted by molar-refractivity contribution is 5.84. The summed E-state index contributed by atoms with van der Waals surface area (Å²) in [5.41, 5.74) is 3.12. The van der Waals surface area contributed by atoms with E-state index in [0.29, 0.717) is 24.6 Å². The number of H-pyrrole nitrogens is 1. The zero-order chi connectivity index (χ0) is 21.7. The Kier molecular flexibility index (Phi) is 6.55. The first-order valence-electron chi connectivity index (χ1n) is 10.1. The van der Waals surface area contributed by atoms with Crippen LogP contribution in [0.1, 0.15) is 37.8 Å². The second kappa shape index (κ2) is 9.11. The van der Waals surface area contributed by atoms with Gasteiger partial charge in [-0.3, -0.25) is 0 Å². The highest BCUT2D eigenvalue weighted by Crippen LogP contribution is 2.40. The Morgan fingerprint density at radius 3 is 2.47 bits per heavy atom. The molecule has 6 heteroatoms. The van der Waals surface area contributed by atoms with E-state index in [2.05, 4.69) is 42.5 Å². The lowest BCUT2D eigenvalue weighted by atomic mass is 9.90. The van der Waals surface area contributed by atoms with Crippen LogP contribution in [0.4, 0.5) is 4.79 Å². The number of rotatable bonds is 7. The first kappa shape index (κ1) is 21.6. The molecule has 1 aromatic heterocycles. The quantitative estimate of drug-likeness (QED) is 0.531. The van der Waals surface area contributed by atoms with E-state index in [9.17, 15) is 4.79 Å².